The number of nitrogens with one attached hydrogen (secondary N) is 1. The normalized spacial score (nSPS) is 11.4. The molecule has 0 amide bonds. The zero-order chi connectivity index (χ0) is 27.7. The van der Waals surface area contributed by atoms with Crippen molar-refractivity contribution in [1.29, 1.82) is 0 Å². The van der Waals surface area contributed by atoms with Crippen LogP contribution in [0.4, 0.5) is 16.0 Å². The first kappa shape index (κ1) is 26.1. The van der Waals surface area contributed by atoms with Gasteiger partial charge in [0.05, 0.1) is 24.1 Å². The molecule has 0 radical (unpaired) electrons. The molecule has 0 atom stereocenters. The molecule has 0 aliphatic heterocycles. The van der Waals surface area contributed by atoms with Gasteiger partial charge in [0.1, 0.15) is 23.0 Å². The summed E-state index contributed by atoms with van der Waals surface area (Å²) in [5.41, 5.74) is 0.554. The highest BCUT2D eigenvalue weighted by Gasteiger charge is 2.32. The van der Waals surface area contributed by atoms with E-state index in [9.17, 15) is 13.2 Å². The monoisotopic (exact) mass is 566 g/mol. The van der Waals surface area contributed by atoms with Crippen molar-refractivity contribution >= 4 is 44.2 Å². The molecule has 3 aromatic carbocycles. The summed E-state index contributed by atoms with van der Waals surface area (Å²) in [6, 6.07) is 15.7. The number of aromatic amines is 1. The third-order valence-electron chi connectivity index (χ3n) is 5.92. The van der Waals surface area contributed by atoms with E-state index >= 15 is 4.39 Å². The number of methoxy groups -OCH3 is 2. The summed E-state index contributed by atoms with van der Waals surface area (Å²) in [4.78, 5) is 22.4. The van der Waals surface area contributed by atoms with Gasteiger partial charge in [-0.3, -0.25) is 4.79 Å². The Balaban J connectivity index is 1.71. The lowest BCUT2D eigenvalue weighted by Crippen LogP contribution is -2.28. The lowest BCUT2D eigenvalue weighted by atomic mass is 10.0. The Morgan fingerprint density at radius 1 is 0.923 bits per heavy atom. The zero-order valence-corrected chi connectivity index (χ0v) is 22.1. The number of fused-ring (bicyclic) bond motifs is 1. The number of ether oxygens (including phenoxy) is 2. The molecule has 5 aromatic rings. The Hall–Kier alpha value is -4.48. The summed E-state index contributed by atoms with van der Waals surface area (Å²) < 4.78 is 55.4. The maximum Gasteiger partial charge on any atom is 0.271 e. The van der Waals surface area contributed by atoms with Crippen LogP contribution in [0, 0.1) is 5.82 Å². The Morgan fingerprint density at radius 2 is 1.67 bits per heavy atom. The lowest BCUT2D eigenvalue weighted by molar-refractivity contribution is 0.414. The molecule has 0 aliphatic carbocycles. The van der Waals surface area contributed by atoms with Crippen LogP contribution in [0.15, 0.2) is 88.8 Å². The molecule has 5 rings (SSSR count). The van der Waals surface area contributed by atoms with Crippen LogP contribution >= 0.6 is 11.6 Å². The third-order valence-corrected chi connectivity index (χ3v) is 7.92. The molecule has 0 saturated carbocycles. The van der Waals surface area contributed by atoms with Gasteiger partial charge in [-0.05, 0) is 59.5 Å². The van der Waals surface area contributed by atoms with Crippen molar-refractivity contribution in [2.24, 2.45) is 0 Å². The number of anilines is 2. The first-order valence-electron chi connectivity index (χ1n) is 11.4. The van der Waals surface area contributed by atoms with Gasteiger partial charge in [-0.1, -0.05) is 17.7 Å². The fraction of sp³-hybridized carbons (Fsp3) is 0.0741. The molecule has 9 nitrogen and oxygen atoms in total. The molecule has 0 fully saturated rings. The Morgan fingerprint density at radius 3 is 2.38 bits per heavy atom. The van der Waals surface area contributed by atoms with Gasteiger partial charge < -0.3 is 14.5 Å². The second kappa shape index (κ2) is 10.4. The minimum atomic E-state index is -4.42. The molecule has 39 heavy (non-hydrogen) atoms. The number of sulfonamides is 1. The lowest BCUT2D eigenvalue weighted by Gasteiger charge is -2.25. The average molecular weight is 567 g/mol. The van der Waals surface area contributed by atoms with Gasteiger partial charge >= 0.3 is 0 Å². The van der Waals surface area contributed by atoms with Gasteiger partial charge in [-0.2, -0.15) is 4.31 Å². The van der Waals surface area contributed by atoms with Crippen molar-refractivity contribution in [1.82, 2.24) is 15.0 Å². The number of hydrogen-bond acceptors (Lipinski definition) is 7. The summed E-state index contributed by atoms with van der Waals surface area (Å²) in [5, 5.41) is 0.831. The van der Waals surface area contributed by atoms with Crippen LogP contribution in [0.1, 0.15) is 0 Å². The minimum Gasteiger partial charge on any atom is -0.495 e. The SMILES string of the molecule is COc1cc(-c2cc(OC)c(N(c3ncccn3)S(=O)(=O)c3ccc4[nH]c(=O)ccc4c3)cc2F)ccc1Cl. The summed E-state index contributed by atoms with van der Waals surface area (Å²) in [6.07, 6.45) is 2.74. The molecular formula is C27H20ClFN4O5S. The second-order valence-electron chi connectivity index (χ2n) is 8.24. The topological polar surface area (TPSA) is 114 Å². The number of halogens is 2. The molecule has 2 heterocycles. The van der Waals surface area contributed by atoms with E-state index in [0.717, 1.165) is 10.4 Å². The Labute approximate surface area is 227 Å². The highest BCUT2D eigenvalue weighted by molar-refractivity contribution is 7.93. The van der Waals surface area contributed by atoms with Gasteiger partial charge in [-0.15, -0.1) is 0 Å². The molecule has 0 spiro atoms. The van der Waals surface area contributed by atoms with Crippen LogP contribution < -0.4 is 19.3 Å². The summed E-state index contributed by atoms with van der Waals surface area (Å²) in [5.74, 6) is -0.572. The maximum atomic E-state index is 15.7. The summed E-state index contributed by atoms with van der Waals surface area (Å²) >= 11 is 6.12. The number of aromatic nitrogens is 3. The first-order valence-corrected chi connectivity index (χ1v) is 13.2. The van der Waals surface area contributed by atoms with Crippen molar-refractivity contribution in [3.8, 4) is 22.6 Å². The van der Waals surface area contributed by atoms with Crippen LogP contribution in [0.5, 0.6) is 11.5 Å². The molecule has 1 N–H and O–H groups in total. The molecular weight excluding hydrogens is 547 g/mol. The van der Waals surface area contributed by atoms with Crippen molar-refractivity contribution in [2.45, 2.75) is 4.90 Å². The van der Waals surface area contributed by atoms with E-state index in [1.54, 1.807) is 18.2 Å². The fourth-order valence-electron chi connectivity index (χ4n) is 4.05. The number of nitrogens with zero attached hydrogens (tertiary/aromatic N) is 3. The quantitative estimate of drug-likeness (QED) is 0.283. The fourth-order valence-corrected chi connectivity index (χ4v) is 5.69. The number of benzene rings is 3. The average Bonchev–Trinajstić information content (AvgIpc) is 2.94. The van der Waals surface area contributed by atoms with E-state index < -0.39 is 15.8 Å². The smallest absolute Gasteiger partial charge is 0.271 e. The molecule has 0 saturated heterocycles. The summed E-state index contributed by atoms with van der Waals surface area (Å²) in [6.45, 7) is 0. The summed E-state index contributed by atoms with van der Waals surface area (Å²) in [7, 11) is -1.64. The zero-order valence-electron chi connectivity index (χ0n) is 20.6. The van der Waals surface area contributed by atoms with E-state index in [1.807, 2.05) is 0 Å². The molecule has 0 unspecified atom stereocenters. The second-order valence-corrected chi connectivity index (χ2v) is 10.4. The van der Waals surface area contributed by atoms with E-state index in [2.05, 4.69) is 15.0 Å². The van der Waals surface area contributed by atoms with Gasteiger partial charge in [0.15, 0.2) is 0 Å². The highest BCUT2D eigenvalue weighted by atomic mass is 35.5. The molecule has 198 valence electrons. The maximum absolute atomic E-state index is 15.7. The van der Waals surface area contributed by atoms with Crippen LogP contribution in [0.25, 0.3) is 22.0 Å². The van der Waals surface area contributed by atoms with Crippen molar-refractivity contribution in [3.05, 3.63) is 100 Å². The number of H-pyrrole nitrogens is 1. The van der Waals surface area contributed by atoms with Crippen LogP contribution in [0.2, 0.25) is 5.02 Å². The number of pyridine rings is 1. The molecule has 2 aromatic heterocycles. The van der Waals surface area contributed by atoms with Gasteiger partial charge in [0.25, 0.3) is 10.0 Å². The molecule has 0 bridgehead atoms. The standard InChI is InChI=1S/C27H20ClFN4O5S/c1-37-24-13-16(4-7-20(24)28)19-14-25(38-2)23(15-21(19)29)33(27-30-10-3-11-31-27)39(35,36)18-6-8-22-17(12-18)5-9-26(34)32-22/h3-15H,1-2H3,(H,32,34). The Bertz CT molecular complexity index is 1870. The minimum absolute atomic E-state index is 0.0430. The van der Waals surface area contributed by atoms with E-state index in [-0.39, 0.29) is 33.4 Å². The number of rotatable bonds is 7. The third kappa shape index (κ3) is 4.89. The largest absolute Gasteiger partial charge is 0.495 e. The number of hydrogen-bond donors (Lipinski definition) is 1. The molecule has 0 aliphatic rings. The molecule has 12 heteroatoms. The van der Waals surface area contributed by atoms with Crippen LogP contribution in [-0.4, -0.2) is 37.6 Å². The highest BCUT2D eigenvalue weighted by Crippen LogP contribution is 2.42. The van der Waals surface area contributed by atoms with E-state index in [1.165, 1.54) is 69.1 Å². The van der Waals surface area contributed by atoms with Crippen molar-refractivity contribution in [3.63, 3.8) is 0 Å². The van der Waals surface area contributed by atoms with E-state index in [4.69, 9.17) is 21.1 Å². The van der Waals surface area contributed by atoms with Gasteiger partial charge in [0, 0.05) is 35.6 Å². The van der Waals surface area contributed by atoms with Gasteiger partial charge in [-0.25, -0.2) is 22.8 Å². The van der Waals surface area contributed by atoms with E-state index in [0.29, 0.717) is 27.2 Å². The first-order chi connectivity index (χ1) is 18.7. The van der Waals surface area contributed by atoms with Crippen LogP contribution in [0.3, 0.4) is 0 Å². The predicted octanol–water partition coefficient (Wildman–Crippen LogP) is 5.32. The predicted molar refractivity (Wildman–Crippen MR) is 146 cm³/mol. The van der Waals surface area contributed by atoms with Gasteiger partial charge in [0.2, 0.25) is 11.5 Å². The van der Waals surface area contributed by atoms with Crippen LogP contribution in [-0.2, 0) is 10.0 Å². The van der Waals surface area contributed by atoms with Crippen molar-refractivity contribution in [2.75, 3.05) is 18.5 Å². The Kier molecular flexibility index (Phi) is 6.94. The van der Waals surface area contributed by atoms with Crippen molar-refractivity contribution < 1.29 is 22.3 Å².